The molecular formula is C9H11N2O3+. The molecule has 14 heavy (non-hydrogen) atoms. The molecule has 74 valence electrons. The van der Waals surface area contributed by atoms with Crippen LogP contribution in [-0.4, -0.2) is 10.2 Å². The molecule has 2 aromatic heterocycles. The van der Waals surface area contributed by atoms with E-state index >= 15 is 0 Å². The molecule has 0 aromatic carbocycles. The number of anilines is 1. The van der Waals surface area contributed by atoms with Gasteiger partial charge in [-0.1, -0.05) is 0 Å². The summed E-state index contributed by atoms with van der Waals surface area (Å²) < 4.78 is 5.16. The maximum absolute atomic E-state index is 9.59. The third-order valence-corrected chi connectivity index (χ3v) is 2.20. The van der Waals surface area contributed by atoms with Gasteiger partial charge < -0.3 is 20.4 Å². The molecule has 5 N–H and O–H groups in total. The molecule has 0 spiro atoms. The summed E-state index contributed by atoms with van der Waals surface area (Å²) in [6.07, 6.45) is 1.62. The van der Waals surface area contributed by atoms with E-state index in [1.165, 1.54) is 0 Å². The zero-order valence-electron chi connectivity index (χ0n) is 7.66. The number of aryl methyl sites for hydroxylation is 1. The van der Waals surface area contributed by atoms with Crippen LogP contribution in [-0.2, 0) is 6.61 Å². The molecule has 5 heteroatoms. The molecule has 0 atom stereocenters. The van der Waals surface area contributed by atoms with Crippen LogP contribution in [0.5, 0.6) is 5.75 Å². The molecule has 0 amide bonds. The van der Waals surface area contributed by atoms with Gasteiger partial charge in [-0.25, -0.2) is 4.98 Å². The Bertz CT molecular complexity index is 490. The zero-order chi connectivity index (χ0) is 10.3. The molecular weight excluding hydrogens is 184 g/mol. The first kappa shape index (κ1) is 8.83. The van der Waals surface area contributed by atoms with Crippen molar-refractivity contribution in [3.63, 3.8) is 0 Å². The highest BCUT2D eigenvalue weighted by Gasteiger charge is 2.19. The minimum Gasteiger partial charge on any atom is -0.503 e. The topological polar surface area (TPSA) is 93.8 Å². The minimum atomic E-state index is -0.181. The van der Waals surface area contributed by atoms with E-state index in [1.807, 2.05) is 0 Å². The molecule has 2 rings (SSSR count). The lowest BCUT2D eigenvalue weighted by molar-refractivity contribution is -0.386. The molecule has 0 bridgehead atoms. The monoisotopic (exact) mass is 195 g/mol. The molecule has 0 saturated carbocycles. The number of aromatic nitrogens is 1. The van der Waals surface area contributed by atoms with Gasteiger partial charge in [0.1, 0.15) is 0 Å². The molecule has 0 aliphatic rings. The predicted octanol–water partition coefficient (Wildman–Crippen LogP) is 0.335. The second-order valence-electron chi connectivity index (χ2n) is 3.12. The summed E-state index contributed by atoms with van der Waals surface area (Å²) >= 11 is 0. The Morgan fingerprint density at radius 1 is 1.57 bits per heavy atom. The highest BCUT2D eigenvalue weighted by atomic mass is 16.4. The van der Waals surface area contributed by atoms with E-state index < -0.39 is 0 Å². The standard InChI is InChI=1S/C9H10N2O3/c1-4-8-6(5(3-12)2-11-4)7(13)9(10)14-8/h2,12-13H,3,10H2,1H3/p+1. The lowest BCUT2D eigenvalue weighted by atomic mass is 10.1. The maximum Gasteiger partial charge on any atom is 0.234 e. The van der Waals surface area contributed by atoms with Crippen LogP contribution in [0.4, 0.5) is 5.88 Å². The molecule has 0 radical (unpaired) electrons. The van der Waals surface area contributed by atoms with Crippen LogP contribution >= 0.6 is 0 Å². The van der Waals surface area contributed by atoms with Crippen molar-refractivity contribution in [2.24, 2.45) is 0 Å². The van der Waals surface area contributed by atoms with Crippen LogP contribution in [0.2, 0.25) is 0 Å². The van der Waals surface area contributed by atoms with Crippen LogP contribution in [0.15, 0.2) is 10.6 Å². The molecule has 2 heterocycles. The zero-order valence-corrected chi connectivity index (χ0v) is 7.66. The Hall–Kier alpha value is -1.75. The average Bonchev–Trinajstić information content (AvgIpc) is 2.47. The van der Waals surface area contributed by atoms with E-state index in [2.05, 4.69) is 4.98 Å². The molecule has 5 nitrogen and oxygen atoms in total. The largest absolute Gasteiger partial charge is 0.503 e. The Labute approximate surface area is 79.8 Å². The van der Waals surface area contributed by atoms with Crippen molar-refractivity contribution in [2.45, 2.75) is 13.5 Å². The van der Waals surface area contributed by atoms with E-state index in [0.717, 1.165) is 5.69 Å². The second kappa shape index (κ2) is 2.88. The van der Waals surface area contributed by atoms with Gasteiger partial charge in [-0.2, -0.15) is 0 Å². The number of fused-ring (bicyclic) bond motifs is 1. The SMILES string of the molecule is Cc1[nH+]cc(CO)c2c(O)c(N)oc12. The Morgan fingerprint density at radius 3 is 2.93 bits per heavy atom. The molecule has 0 aliphatic carbocycles. The molecule has 0 saturated heterocycles. The van der Waals surface area contributed by atoms with E-state index in [9.17, 15) is 5.11 Å². The number of nitrogen functional groups attached to an aromatic ring is 1. The number of hydrogen-bond acceptors (Lipinski definition) is 4. The van der Waals surface area contributed by atoms with Crippen LogP contribution in [0.25, 0.3) is 11.0 Å². The Balaban J connectivity index is 2.92. The number of furan rings is 1. The number of pyridine rings is 1. The van der Waals surface area contributed by atoms with Crippen molar-refractivity contribution >= 4 is 16.9 Å². The fourth-order valence-electron chi connectivity index (χ4n) is 1.46. The lowest BCUT2D eigenvalue weighted by Crippen LogP contribution is -2.08. The second-order valence-corrected chi connectivity index (χ2v) is 3.12. The number of aliphatic hydroxyl groups excluding tert-OH is 1. The number of aliphatic hydroxyl groups is 1. The predicted molar refractivity (Wildman–Crippen MR) is 49.5 cm³/mol. The first-order chi connectivity index (χ1) is 6.65. The van der Waals surface area contributed by atoms with Gasteiger partial charge >= 0.3 is 0 Å². The van der Waals surface area contributed by atoms with Crippen molar-refractivity contribution in [1.29, 1.82) is 0 Å². The van der Waals surface area contributed by atoms with Gasteiger partial charge in [0.2, 0.25) is 17.2 Å². The summed E-state index contributed by atoms with van der Waals surface area (Å²) in [5, 5.41) is 19.1. The maximum atomic E-state index is 9.59. The smallest absolute Gasteiger partial charge is 0.234 e. The van der Waals surface area contributed by atoms with E-state index in [4.69, 9.17) is 15.3 Å². The number of nitrogens with two attached hydrogens (primary N) is 1. The van der Waals surface area contributed by atoms with Crippen molar-refractivity contribution in [3.05, 3.63) is 17.5 Å². The van der Waals surface area contributed by atoms with Crippen LogP contribution in [0.3, 0.4) is 0 Å². The number of aromatic hydroxyl groups is 1. The molecule has 0 fully saturated rings. The number of rotatable bonds is 1. The van der Waals surface area contributed by atoms with Gasteiger partial charge in [0.05, 0.1) is 17.6 Å². The molecule has 0 unspecified atom stereocenters. The van der Waals surface area contributed by atoms with Crippen molar-refractivity contribution < 1.29 is 19.6 Å². The molecule has 2 aromatic rings. The fraction of sp³-hybridized carbons (Fsp3) is 0.222. The first-order valence-corrected chi connectivity index (χ1v) is 4.17. The number of H-pyrrole nitrogens is 1. The van der Waals surface area contributed by atoms with Crippen molar-refractivity contribution in [3.8, 4) is 5.75 Å². The fourth-order valence-corrected chi connectivity index (χ4v) is 1.46. The van der Waals surface area contributed by atoms with E-state index in [0.29, 0.717) is 16.5 Å². The summed E-state index contributed by atoms with van der Waals surface area (Å²) in [6, 6.07) is 0. The minimum absolute atomic E-state index is 0.0302. The van der Waals surface area contributed by atoms with E-state index in [1.54, 1.807) is 13.1 Å². The molecule has 0 aliphatic heterocycles. The lowest BCUT2D eigenvalue weighted by Gasteiger charge is -1.94. The number of nitrogens with one attached hydrogen (secondary N) is 1. The van der Waals surface area contributed by atoms with E-state index in [-0.39, 0.29) is 18.2 Å². The van der Waals surface area contributed by atoms with Crippen LogP contribution < -0.4 is 10.7 Å². The summed E-state index contributed by atoms with van der Waals surface area (Å²) in [5.41, 5.74) is 7.22. The average molecular weight is 195 g/mol. The highest BCUT2D eigenvalue weighted by Crippen LogP contribution is 2.36. The van der Waals surface area contributed by atoms with Crippen molar-refractivity contribution in [1.82, 2.24) is 0 Å². The third kappa shape index (κ3) is 1.03. The first-order valence-electron chi connectivity index (χ1n) is 4.17. The van der Waals surface area contributed by atoms with Gasteiger partial charge in [-0.15, -0.1) is 0 Å². The summed E-state index contributed by atoms with van der Waals surface area (Å²) in [6.45, 7) is 1.62. The quantitative estimate of drug-likeness (QED) is 0.611. The third-order valence-electron chi connectivity index (χ3n) is 2.20. The number of aromatic amines is 1. The number of hydrogen-bond donors (Lipinski definition) is 3. The highest BCUT2D eigenvalue weighted by molar-refractivity contribution is 5.91. The van der Waals surface area contributed by atoms with Crippen LogP contribution in [0, 0.1) is 6.92 Å². The van der Waals surface area contributed by atoms with Gasteiger partial charge in [-0.3, -0.25) is 0 Å². The van der Waals surface area contributed by atoms with Gasteiger partial charge in [0, 0.05) is 6.92 Å². The summed E-state index contributed by atoms with van der Waals surface area (Å²) in [5.74, 6) is -0.140. The summed E-state index contributed by atoms with van der Waals surface area (Å²) in [7, 11) is 0. The van der Waals surface area contributed by atoms with Gasteiger partial charge in [0.15, 0.2) is 11.9 Å². The van der Waals surface area contributed by atoms with Gasteiger partial charge in [-0.05, 0) is 0 Å². The van der Waals surface area contributed by atoms with Gasteiger partial charge in [0.25, 0.3) is 0 Å². The van der Waals surface area contributed by atoms with Crippen molar-refractivity contribution in [2.75, 3.05) is 5.73 Å². The normalized spacial score (nSPS) is 11.0. The Morgan fingerprint density at radius 2 is 2.29 bits per heavy atom. The summed E-state index contributed by atoms with van der Waals surface area (Å²) in [4.78, 5) is 2.91. The van der Waals surface area contributed by atoms with Crippen LogP contribution in [0.1, 0.15) is 11.3 Å². The Kier molecular flexibility index (Phi) is 1.82.